The lowest BCUT2D eigenvalue weighted by Crippen LogP contribution is -2.38. The molecule has 3 atom stereocenters. The summed E-state index contributed by atoms with van der Waals surface area (Å²) in [6.45, 7) is 3.43. The van der Waals surface area contributed by atoms with Gasteiger partial charge in [0.05, 0.1) is 5.92 Å². The van der Waals surface area contributed by atoms with Gasteiger partial charge >= 0.3 is 0 Å². The highest BCUT2D eigenvalue weighted by atomic mass is 16.3. The number of carbonyl (C=O) groups excluding carboxylic acids is 1. The zero-order chi connectivity index (χ0) is 12.7. The molecule has 4 heteroatoms. The summed E-state index contributed by atoms with van der Waals surface area (Å²) < 4.78 is 0. The second-order valence-corrected chi connectivity index (χ2v) is 5.10. The Balaban J connectivity index is 2.31. The molecule has 0 bridgehead atoms. The van der Waals surface area contributed by atoms with E-state index in [9.17, 15) is 9.90 Å². The van der Waals surface area contributed by atoms with E-state index in [0.29, 0.717) is 24.9 Å². The lowest BCUT2D eigenvalue weighted by atomic mass is 9.96. The van der Waals surface area contributed by atoms with Gasteiger partial charge in [0.2, 0.25) is 5.91 Å². The Kier molecular flexibility index (Phi) is 6.52. The third kappa shape index (κ3) is 4.28. The first kappa shape index (κ1) is 14.5. The molecule has 1 rings (SSSR count). The van der Waals surface area contributed by atoms with Gasteiger partial charge in [0.25, 0.3) is 0 Å². The molecule has 0 aliphatic heterocycles. The third-order valence-electron chi connectivity index (χ3n) is 3.88. The second-order valence-electron chi connectivity index (χ2n) is 5.10. The molecule has 4 nitrogen and oxygen atoms in total. The lowest BCUT2D eigenvalue weighted by Gasteiger charge is -2.20. The summed E-state index contributed by atoms with van der Waals surface area (Å²) in [5, 5.41) is 12.2. The van der Waals surface area contributed by atoms with Crippen LogP contribution >= 0.6 is 0 Å². The molecule has 0 spiro atoms. The molecule has 1 aliphatic carbocycles. The van der Waals surface area contributed by atoms with Gasteiger partial charge in [-0.1, -0.05) is 19.8 Å². The van der Waals surface area contributed by atoms with Crippen LogP contribution in [-0.4, -0.2) is 30.7 Å². The van der Waals surface area contributed by atoms with Crippen molar-refractivity contribution in [2.75, 3.05) is 19.7 Å². The molecule has 0 radical (unpaired) electrons. The molecule has 17 heavy (non-hydrogen) atoms. The number of hydrogen-bond donors (Lipinski definition) is 3. The summed E-state index contributed by atoms with van der Waals surface area (Å²) in [5.74, 6) is 0.855. The van der Waals surface area contributed by atoms with Gasteiger partial charge in [-0.3, -0.25) is 4.79 Å². The van der Waals surface area contributed by atoms with Crippen LogP contribution in [0, 0.1) is 17.8 Å². The normalized spacial score (nSPS) is 25.8. The highest BCUT2D eigenvalue weighted by Gasteiger charge is 2.27. The molecule has 100 valence electrons. The van der Waals surface area contributed by atoms with E-state index in [1.807, 2.05) is 0 Å². The van der Waals surface area contributed by atoms with E-state index >= 15 is 0 Å². The first-order chi connectivity index (χ1) is 8.22. The topological polar surface area (TPSA) is 75.4 Å². The minimum atomic E-state index is -0.0472. The maximum atomic E-state index is 11.9. The molecule has 0 aromatic heterocycles. The Morgan fingerprint density at radius 3 is 2.76 bits per heavy atom. The highest BCUT2D eigenvalue weighted by Crippen LogP contribution is 2.30. The Labute approximate surface area is 104 Å². The van der Waals surface area contributed by atoms with Crippen molar-refractivity contribution in [3.8, 4) is 0 Å². The van der Waals surface area contributed by atoms with E-state index in [2.05, 4.69) is 12.2 Å². The summed E-state index contributed by atoms with van der Waals surface area (Å²) >= 11 is 0. The van der Waals surface area contributed by atoms with E-state index in [0.717, 1.165) is 25.7 Å². The summed E-state index contributed by atoms with van der Waals surface area (Å²) in [7, 11) is 0. The third-order valence-corrected chi connectivity index (χ3v) is 3.88. The summed E-state index contributed by atoms with van der Waals surface area (Å²) in [6.07, 6.45) is 5.22. The van der Waals surface area contributed by atoms with Crippen LogP contribution in [0.3, 0.4) is 0 Å². The van der Waals surface area contributed by atoms with Crippen molar-refractivity contribution in [3.63, 3.8) is 0 Å². The minimum absolute atomic E-state index is 0.0472. The van der Waals surface area contributed by atoms with Gasteiger partial charge < -0.3 is 16.2 Å². The summed E-state index contributed by atoms with van der Waals surface area (Å²) in [6, 6.07) is 0. The quantitative estimate of drug-likeness (QED) is 0.620. The van der Waals surface area contributed by atoms with Gasteiger partial charge in [-0.15, -0.1) is 0 Å². The van der Waals surface area contributed by atoms with Crippen molar-refractivity contribution in [3.05, 3.63) is 0 Å². The molecule has 1 fully saturated rings. The van der Waals surface area contributed by atoms with Gasteiger partial charge in [-0.05, 0) is 31.1 Å². The van der Waals surface area contributed by atoms with Gasteiger partial charge in [-0.2, -0.15) is 0 Å². The number of aliphatic hydroxyl groups is 1. The average molecular weight is 242 g/mol. The minimum Gasteiger partial charge on any atom is -0.396 e. The van der Waals surface area contributed by atoms with Crippen molar-refractivity contribution in [2.24, 2.45) is 23.5 Å². The van der Waals surface area contributed by atoms with E-state index in [-0.39, 0.29) is 18.4 Å². The van der Waals surface area contributed by atoms with Crippen LogP contribution in [0.5, 0.6) is 0 Å². The van der Waals surface area contributed by atoms with Crippen LogP contribution in [0.2, 0.25) is 0 Å². The fraction of sp³-hybridized carbons (Fsp3) is 0.923. The van der Waals surface area contributed by atoms with Gasteiger partial charge in [0.1, 0.15) is 0 Å². The van der Waals surface area contributed by atoms with Gasteiger partial charge in [-0.25, -0.2) is 0 Å². The van der Waals surface area contributed by atoms with E-state index in [1.165, 1.54) is 6.42 Å². The first-order valence-corrected chi connectivity index (χ1v) is 6.81. The van der Waals surface area contributed by atoms with Crippen molar-refractivity contribution in [1.82, 2.24) is 5.32 Å². The number of amides is 1. The Bertz CT molecular complexity index is 233. The van der Waals surface area contributed by atoms with Crippen LogP contribution in [-0.2, 0) is 4.79 Å². The molecule has 4 N–H and O–H groups in total. The summed E-state index contributed by atoms with van der Waals surface area (Å²) in [5.41, 5.74) is 5.60. The Hall–Kier alpha value is -0.610. The molecule has 0 saturated heterocycles. The van der Waals surface area contributed by atoms with Crippen LogP contribution in [0.25, 0.3) is 0 Å². The molecule has 0 heterocycles. The Morgan fingerprint density at radius 1 is 1.47 bits per heavy atom. The van der Waals surface area contributed by atoms with E-state index in [1.54, 1.807) is 0 Å². The highest BCUT2D eigenvalue weighted by molar-refractivity contribution is 5.78. The average Bonchev–Trinajstić information content (AvgIpc) is 2.80. The fourth-order valence-electron chi connectivity index (χ4n) is 2.70. The second kappa shape index (κ2) is 7.67. The van der Waals surface area contributed by atoms with Crippen LogP contribution < -0.4 is 11.1 Å². The zero-order valence-electron chi connectivity index (χ0n) is 10.8. The molecule has 1 aliphatic rings. The lowest BCUT2D eigenvalue weighted by molar-refractivity contribution is -0.125. The molecular formula is C13H26N2O2. The monoisotopic (exact) mass is 242 g/mol. The molecular weight excluding hydrogens is 216 g/mol. The molecule has 3 unspecified atom stereocenters. The number of rotatable bonds is 7. The molecule has 0 aromatic carbocycles. The summed E-state index contributed by atoms with van der Waals surface area (Å²) in [4.78, 5) is 11.9. The van der Waals surface area contributed by atoms with Crippen molar-refractivity contribution < 1.29 is 9.90 Å². The number of nitrogens with one attached hydrogen (secondary N) is 1. The number of nitrogens with two attached hydrogens (primary N) is 1. The SMILES string of the molecule is CCCC(CN)C(=O)NCC1CCCC1CO. The van der Waals surface area contributed by atoms with Crippen LogP contribution in [0.1, 0.15) is 39.0 Å². The number of carbonyl (C=O) groups is 1. The van der Waals surface area contributed by atoms with Crippen molar-refractivity contribution in [2.45, 2.75) is 39.0 Å². The van der Waals surface area contributed by atoms with E-state index < -0.39 is 0 Å². The first-order valence-electron chi connectivity index (χ1n) is 6.81. The number of aliphatic hydroxyl groups excluding tert-OH is 1. The van der Waals surface area contributed by atoms with Crippen LogP contribution in [0.15, 0.2) is 0 Å². The maximum Gasteiger partial charge on any atom is 0.224 e. The van der Waals surface area contributed by atoms with Crippen molar-refractivity contribution in [1.29, 1.82) is 0 Å². The smallest absolute Gasteiger partial charge is 0.224 e. The standard InChI is InChI=1S/C13H26N2O2/c1-2-4-10(7-14)13(17)15-8-11-5-3-6-12(11)9-16/h10-12,16H,2-9,14H2,1H3,(H,15,17). The van der Waals surface area contributed by atoms with Gasteiger partial charge in [0.15, 0.2) is 0 Å². The fourth-order valence-corrected chi connectivity index (χ4v) is 2.70. The zero-order valence-corrected chi connectivity index (χ0v) is 10.8. The maximum absolute atomic E-state index is 11.9. The van der Waals surface area contributed by atoms with Gasteiger partial charge in [0, 0.05) is 19.7 Å². The molecule has 0 aromatic rings. The largest absolute Gasteiger partial charge is 0.396 e. The molecule has 1 amide bonds. The van der Waals surface area contributed by atoms with E-state index in [4.69, 9.17) is 5.73 Å². The predicted molar refractivity (Wildman–Crippen MR) is 68.4 cm³/mol. The van der Waals surface area contributed by atoms with Crippen molar-refractivity contribution >= 4 is 5.91 Å². The molecule has 1 saturated carbocycles. The predicted octanol–water partition coefficient (Wildman–Crippen LogP) is 0.886. The Morgan fingerprint density at radius 2 is 2.18 bits per heavy atom. The van der Waals surface area contributed by atoms with Crippen LogP contribution in [0.4, 0.5) is 0 Å². The number of hydrogen-bond acceptors (Lipinski definition) is 3.